The molecule has 0 aliphatic carbocycles. The van der Waals surface area contributed by atoms with E-state index < -0.39 is 46.5 Å². The minimum Gasteiger partial charge on any atom is -0.349 e. The van der Waals surface area contributed by atoms with Gasteiger partial charge in [-0.05, 0) is 0 Å². The van der Waals surface area contributed by atoms with E-state index >= 15 is 0 Å². The Balaban J connectivity index is 2.10. The van der Waals surface area contributed by atoms with Gasteiger partial charge in [-0.1, -0.05) is 0 Å². The molecule has 1 unspecified atom stereocenters. The maximum Gasteiger partial charge on any atom is 0.330 e. The highest BCUT2D eigenvalue weighted by molar-refractivity contribution is 7.85. The summed E-state index contributed by atoms with van der Waals surface area (Å²) >= 11 is 0. The Morgan fingerprint density at radius 3 is 2.85 bits per heavy atom. The fourth-order valence-corrected chi connectivity index (χ4v) is 2.24. The van der Waals surface area contributed by atoms with Gasteiger partial charge < -0.3 is 4.74 Å². The van der Waals surface area contributed by atoms with Crippen molar-refractivity contribution in [1.29, 1.82) is 0 Å². The lowest BCUT2D eigenvalue weighted by molar-refractivity contribution is -0.0295. The van der Waals surface area contributed by atoms with Crippen molar-refractivity contribution in [3.05, 3.63) is 33.1 Å². The first kappa shape index (κ1) is 14.9. The Morgan fingerprint density at radius 1 is 1.55 bits per heavy atom. The summed E-state index contributed by atoms with van der Waals surface area (Å²) in [6.45, 7) is -0.464. The number of nitrogens with one attached hydrogen (secondary N) is 1. The van der Waals surface area contributed by atoms with Crippen molar-refractivity contribution < 1.29 is 21.7 Å². The number of hydrogen-bond donors (Lipinski definition) is 1. The fourth-order valence-electron chi connectivity index (χ4n) is 1.85. The van der Waals surface area contributed by atoms with Gasteiger partial charge in [-0.2, -0.15) is 8.42 Å². The monoisotopic (exact) mass is 308 g/mol. The average Bonchev–Trinajstić information content (AvgIpc) is 2.67. The highest BCUT2D eigenvalue weighted by atomic mass is 32.2. The van der Waals surface area contributed by atoms with E-state index in [0.29, 0.717) is 0 Å². The molecule has 20 heavy (non-hydrogen) atoms. The van der Waals surface area contributed by atoms with Gasteiger partial charge in [0.05, 0.1) is 12.9 Å². The molecular formula is C10H13FN2O6S. The molecule has 0 amide bonds. The summed E-state index contributed by atoms with van der Waals surface area (Å²) in [7, 11) is -3.69. The van der Waals surface area contributed by atoms with Crippen molar-refractivity contribution in [2.45, 2.75) is 24.9 Å². The zero-order valence-corrected chi connectivity index (χ0v) is 11.3. The number of nitrogens with zero attached hydrogens (tertiary/aromatic N) is 1. The van der Waals surface area contributed by atoms with Crippen molar-refractivity contribution in [2.75, 3.05) is 12.9 Å². The van der Waals surface area contributed by atoms with Gasteiger partial charge in [0.1, 0.15) is 18.5 Å². The first-order chi connectivity index (χ1) is 9.26. The van der Waals surface area contributed by atoms with Crippen molar-refractivity contribution in [2.24, 2.45) is 0 Å². The number of halogens is 1. The van der Waals surface area contributed by atoms with Gasteiger partial charge in [-0.15, -0.1) is 0 Å². The highest BCUT2D eigenvalue weighted by Gasteiger charge is 2.37. The number of ether oxygens (including phenoxy) is 1. The summed E-state index contributed by atoms with van der Waals surface area (Å²) in [6.07, 6.45) is -1.57. The number of rotatable bonds is 4. The highest BCUT2D eigenvalue weighted by Crippen LogP contribution is 2.30. The van der Waals surface area contributed by atoms with Crippen molar-refractivity contribution >= 4 is 10.1 Å². The van der Waals surface area contributed by atoms with E-state index in [2.05, 4.69) is 4.18 Å². The van der Waals surface area contributed by atoms with Crippen LogP contribution in [0.3, 0.4) is 0 Å². The molecule has 0 spiro atoms. The second-order valence-electron chi connectivity index (χ2n) is 4.39. The standard InChI is InChI=1S/C10H13FN2O6S/c1-20(16,17)18-5-7-6(11)4-9(19-7)13-3-2-8(14)12-10(13)15/h2-3,6-7,9H,4-5H2,1H3,(H,12,14,15)/t6?,7-,9-/m1/s1. The molecule has 1 aromatic rings. The molecule has 1 N–H and O–H groups in total. The summed E-state index contributed by atoms with van der Waals surface area (Å²) in [5.41, 5.74) is -1.29. The topological polar surface area (TPSA) is 107 Å². The number of H-pyrrole nitrogens is 1. The Labute approximate surface area is 113 Å². The minimum absolute atomic E-state index is 0.135. The number of hydrogen-bond acceptors (Lipinski definition) is 6. The van der Waals surface area contributed by atoms with Gasteiger partial charge in [-0.3, -0.25) is 18.5 Å². The van der Waals surface area contributed by atoms with Gasteiger partial charge in [0.2, 0.25) is 0 Å². The minimum atomic E-state index is -3.69. The second-order valence-corrected chi connectivity index (χ2v) is 6.03. The van der Waals surface area contributed by atoms with Gasteiger partial charge in [0.25, 0.3) is 15.7 Å². The van der Waals surface area contributed by atoms with Crippen molar-refractivity contribution in [3.8, 4) is 0 Å². The Bertz CT molecular complexity index is 696. The predicted octanol–water partition coefficient (Wildman–Crippen LogP) is -0.862. The summed E-state index contributed by atoms with van der Waals surface area (Å²) in [5, 5.41) is 0. The maximum absolute atomic E-state index is 13.7. The molecule has 1 aromatic heterocycles. The van der Waals surface area contributed by atoms with E-state index in [1.807, 2.05) is 4.98 Å². The largest absolute Gasteiger partial charge is 0.349 e. The molecule has 2 rings (SSSR count). The van der Waals surface area contributed by atoms with Crippen LogP contribution < -0.4 is 11.2 Å². The number of alkyl halides is 1. The second kappa shape index (κ2) is 5.46. The third kappa shape index (κ3) is 3.52. The van der Waals surface area contributed by atoms with E-state index in [1.54, 1.807) is 0 Å². The normalized spacial score (nSPS) is 26.8. The molecule has 1 saturated heterocycles. The van der Waals surface area contributed by atoms with Crippen LogP contribution in [0.15, 0.2) is 21.9 Å². The molecule has 112 valence electrons. The van der Waals surface area contributed by atoms with Crippen molar-refractivity contribution in [1.82, 2.24) is 9.55 Å². The zero-order chi connectivity index (χ0) is 14.9. The predicted molar refractivity (Wildman–Crippen MR) is 65.5 cm³/mol. The summed E-state index contributed by atoms with van der Waals surface area (Å²) in [6, 6.07) is 1.11. The van der Waals surface area contributed by atoms with E-state index in [1.165, 1.54) is 6.20 Å². The van der Waals surface area contributed by atoms with E-state index in [4.69, 9.17) is 4.74 Å². The fraction of sp³-hybridized carbons (Fsp3) is 0.600. The SMILES string of the molecule is CS(=O)(=O)OC[C@H]1O[C@@H](n2ccc(=O)[nH]c2=O)CC1F. The van der Waals surface area contributed by atoms with Gasteiger partial charge in [0, 0.05) is 18.7 Å². The molecule has 8 nitrogen and oxygen atoms in total. The average molecular weight is 308 g/mol. The third-order valence-corrected chi connectivity index (χ3v) is 3.33. The first-order valence-corrected chi connectivity index (χ1v) is 7.53. The zero-order valence-electron chi connectivity index (χ0n) is 10.5. The molecule has 0 aromatic carbocycles. The lowest BCUT2D eigenvalue weighted by atomic mass is 10.2. The van der Waals surface area contributed by atoms with Crippen LogP contribution in [0.25, 0.3) is 0 Å². The summed E-state index contributed by atoms with van der Waals surface area (Å²) in [5.74, 6) is 0. The van der Waals surface area contributed by atoms with Crippen molar-refractivity contribution in [3.63, 3.8) is 0 Å². The van der Waals surface area contributed by atoms with Crippen LogP contribution >= 0.6 is 0 Å². The Kier molecular flexibility index (Phi) is 4.06. The van der Waals surface area contributed by atoms with Crippen LogP contribution in [0, 0.1) is 0 Å². The lowest BCUT2D eigenvalue weighted by Crippen LogP contribution is -2.32. The van der Waals surface area contributed by atoms with Gasteiger partial charge in [-0.25, -0.2) is 9.18 Å². The lowest BCUT2D eigenvalue weighted by Gasteiger charge is -2.14. The maximum atomic E-state index is 13.7. The van der Waals surface area contributed by atoms with Gasteiger partial charge >= 0.3 is 5.69 Å². The number of aromatic nitrogens is 2. The molecule has 0 radical (unpaired) electrons. The van der Waals surface area contributed by atoms with Crippen LogP contribution in [0.5, 0.6) is 0 Å². The first-order valence-electron chi connectivity index (χ1n) is 5.71. The van der Waals surface area contributed by atoms with Gasteiger partial charge in [0.15, 0.2) is 0 Å². The van der Waals surface area contributed by atoms with Crippen LogP contribution in [-0.4, -0.2) is 43.1 Å². The van der Waals surface area contributed by atoms with E-state index in [-0.39, 0.29) is 6.42 Å². The molecule has 1 fully saturated rings. The number of aromatic amines is 1. The molecule has 0 saturated carbocycles. The van der Waals surface area contributed by atoms with E-state index in [0.717, 1.165) is 16.9 Å². The molecule has 0 bridgehead atoms. The van der Waals surface area contributed by atoms with E-state index in [9.17, 15) is 22.4 Å². The summed E-state index contributed by atoms with van der Waals surface area (Å²) < 4.78 is 46.2. The molecule has 10 heteroatoms. The molecule has 2 heterocycles. The smallest absolute Gasteiger partial charge is 0.330 e. The van der Waals surface area contributed by atoms with Crippen LogP contribution in [0.1, 0.15) is 12.6 Å². The molecule has 1 aliphatic rings. The van der Waals surface area contributed by atoms with Crippen LogP contribution in [0.4, 0.5) is 4.39 Å². The molecule has 3 atom stereocenters. The molecular weight excluding hydrogens is 295 g/mol. The summed E-state index contributed by atoms with van der Waals surface area (Å²) in [4.78, 5) is 24.5. The Hall–Kier alpha value is -1.52. The quantitative estimate of drug-likeness (QED) is 0.725. The molecule has 1 aliphatic heterocycles. The van der Waals surface area contributed by atoms with Crippen LogP contribution in [-0.2, 0) is 19.0 Å². The van der Waals surface area contributed by atoms with Crippen LogP contribution in [0.2, 0.25) is 0 Å². The Morgan fingerprint density at radius 2 is 2.25 bits per heavy atom. The third-order valence-electron chi connectivity index (χ3n) is 2.77.